The molecule has 1 aromatic rings. The number of anilines is 1. The van der Waals surface area contributed by atoms with Gasteiger partial charge < -0.3 is 15.1 Å². The van der Waals surface area contributed by atoms with Gasteiger partial charge in [-0.3, -0.25) is 4.98 Å². The summed E-state index contributed by atoms with van der Waals surface area (Å²) in [6.07, 6.45) is 4.38. The molecule has 1 heterocycles. The van der Waals surface area contributed by atoms with E-state index in [1.807, 2.05) is 6.20 Å². The summed E-state index contributed by atoms with van der Waals surface area (Å²) in [6, 6.07) is 2.22. The Morgan fingerprint density at radius 3 is 2.57 bits per heavy atom. The lowest BCUT2D eigenvalue weighted by Gasteiger charge is -2.26. The molecule has 0 bridgehead atoms. The molecule has 120 valence electrons. The number of aryl methyl sites for hydroxylation is 1. The van der Waals surface area contributed by atoms with Crippen molar-refractivity contribution < 1.29 is 0 Å². The molecule has 0 amide bonds. The molecule has 0 atom stereocenters. The van der Waals surface area contributed by atoms with E-state index < -0.39 is 0 Å². The Balaban J connectivity index is 2.77. The third-order valence-electron chi connectivity index (χ3n) is 3.60. The summed E-state index contributed by atoms with van der Waals surface area (Å²) in [5, 5.41) is 3.49. The monoisotopic (exact) mass is 292 g/mol. The van der Waals surface area contributed by atoms with Crippen molar-refractivity contribution in [1.82, 2.24) is 15.2 Å². The van der Waals surface area contributed by atoms with E-state index in [9.17, 15) is 0 Å². The zero-order valence-corrected chi connectivity index (χ0v) is 14.4. The van der Waals surface area contributed by atoms with E-state index >= 15 is 0 Å². The second-order valence-corrected chi connectivity index (χ2v) is 5.87. The maximum atomic E-state index is 4.47. The number of nitrogens with zero attached hydrogens (tertiary/aromatic N) is 3. The summed E-state index contributed by atoms with van der Waals surface area (Å²) in [5.74, 6) is 0. The predicted octanol–water partition coefficient (Wildman–Crippen LogP) is 2.67. The average molecular weight is 292 g/mol. The van der Waals surface area contributed by atoms with Crippen molar-refractivity contribution in [1.29, 1.82) is 0 Å². The first-order chi connectivity index (χ1) is 10.1. The van der Waals surface area contributed by atoms with E-state index in [2.05, 4.69) is 61.0 Å². The molecule has 0 radical (unpaired) electrons. The topological polar surface area (TPSA) is 31.4 Å². The fraction of sp³-hybridized carbons (Fsp3) is 0.706. The second kappa shape index (κ2) is 9.74. The minimum Gasteiger partial charge on any atom is -0.371 e. The predicted molar refractivity (Wildman–Crippen MR) is 92.0 cm³/mol. The minimum absolute atomic E-state index is 0.903. The van der Waals surface area contributed by atoms with Crippen molar-refractivity contribution in [2.45, 2.75) is 40.2 Å². The number of aromatic nitrogens is 1. The lowest BCUT2D eigenvalue weighted by molar-refractivity contribution is 0.400. The lowest BCUT2D eigenvalue weighted by atomic mass is 10.1. The lowest BCUT2D eigenvalue weighted by Crippen LogP contribution is -2.29. The van der Waals surface area contributed by atoms with Gasteiger partial charge in [-0.1, -0.05) is 6.92 Å². The molecule has 0 aliphatic carbocycles. The number of nitrogens with one attached hydrogen (secondary N) is 1. The van der Waals surface area contributed by atoms with Crippen LogP contribution in [-0.4, -0.2) is 50.2 Å². The number of rotatable bonds is 10. The highest BCUT2D eigenvalue weighted by Gasteiger charge is 2.10. The Morgan fingerprint density at radius 1 is 1.19 bits per heavy atom. The molecular formula is C17H32N4. The smallest absolute Gasteiger partial charge is 0.0445 e. The van der Waals surface area contributed by atoms with Gasteiger partial charge in [-0.05, 0) is 59.9 Å². The SMILES string of the molecule is CCCNCc1cnc(C)cc1N(CC)CCCN(C)C. The minimum atomic E-state index is 0.903. The Kier molecular flexibility index (Phi) is 8.31. The molecule has 0 saturated carbocycles. The molecule has 0 fully saturated rings. The van der Waals surface area contributed by atoms with Crippen LogP contribution >= 0.6 is 0 Å². The molecule has 4 heteroatoms. The molecule has 0 aliphatic heterocycles. The first kappa shape index (κ1) is 17.9. The standard InChI is InChI=1S/C17H32N4/c1-6-9-18-13-16-14-19-15(3)12-17(16)21(7-2)11-8-10-20(4)5/h12,14,18H,6-11,13H2,1-5H3. The summed E-state index contributed by atoms with van der Waals surface area (Å²) in [4.78, 5) is 9.19. The fourth-order valence-electron chi connectivity index (χ4n) is 2.43. The van der Waals surface area contributed by atoms with Gasteiger partial charge in [0, 0.05) is 42.8 Å². The van der Waals surface area contributed by atoms with Crippen LogP contribution in [0.3, 0.4) is 0 Å². The maximum Gasteiger partial charge on any atom is 0.0445 e. The molecule has 0 aromatic carbocycles. The highest BCUT2D eigenvalue weighted by Crippen LogP contribution is 2.21. The summed E-state index contributed by atoms with van der Waals surface area (Å²) in [7, 11) is 4.26. The third kappa shape index (κ3) is 6.44. The number of hydrogen-bond donors (Lipinski definition) is 1. The normalized spacial score (nSPS) is 11.1. The molecule has 4 nitrogen and oxygen atoms in total. The third-order valence-corrected chi connectivity index (χ3v) is 3.60. The molecule has 1 aromatic heterocycles. The van der Waals surface area contributed by atoms with Gasteiger partial charge in [0.05, 0.1) is 0 Å². The maximum absolute atomic E-state index is 4.47. The summed E-state index contributed by atoms with van der Waals surface area (Å²) in [6.45, 7) is 11.7. The van der Waals surface area contributed by atoms with E-state index in [0.29, 0.717) is 0 Å². The fourth-order valence-corrected chi connectivity index (χ4v) is 2.43. The molecule has 21 heavy (non-hydrogen) atoms. The summed E-state index contributed by atoms with van der Waals surface area (Å²) >= 11 is 0. The van der Waals surface area contributed by atoms with Crippen LogP contribution in [0.5, 0.6) is 0 Å². The van der Waals surface area contributed by atoms with Gasteiger partial charge in [0.1, 0.15) is 0 Å². The first-order valence-electron chi connectivity index (χ1n) is 8.14. The zero-order chi connectivity index (χ0) is 15.7. The van der Waals surface area contributed by atoms with Gasteiger partial charge in [-0.25, -0.2) is 0 Å². The van der Waals surface area contributed by atoms with Crippen molar-refractivity contribution in [2.75, 3.05) is 45.2 Å². The van der Waals surface area contributed by atoms with E-state index in [1.165, 1.54) is 17.7 Å². The van der Waals surface area contributed by atoms with Crippen LogP contribution in [0.4, 0.5) is 5.69 Å². The number of hydrogen-bond acceptors (Lipinski definition) is 4. The van der Waals surface area contributed by atoms with Crippen LogP contribution in [0, 0.1) is 6.92 Å². The van der Waals surface area contributed by atoms with Gasteiger partial charge in [0.25, 0.3) is 0 Å². The average Bonchev–Trinajstić information content (AvgIpc) is 2.45. The van der Waals surface area contributed by atoms with Gasteiger partial charge in [0.2, 0.25) is 0 Å². The van der Waals surface area contributed by atoms with Gasteiger partial charge >= 0.3 is 0 Å². The summed E-state index contributed by atoms with van der Waals surface area (Å²) in [5.41, 5.74) is 3.74. The Hall–Kier alpha value is -1.13. The number of pyridine rings is 1. The van der Waals surface area contributed by atoms with Gasteiger partial charge in [0.15, 0.2) is 0 Å². The van der Waals surface area contributed by atoms with E-state index in [4.69, 9.17) is 0 Å². The van der Waals surface area contributed by atoms with Gasteiger partial charge in [-0.15, -0.1) is 0 Å². The van der Waals surface area contributed by atoms with Crippen molar-refractivity contribution >= 4 is 5.69 Å². The quantitative estimate of drug-likeness (QED) is 0.672. The Bertz CT molecular complexity index is 404. The van der Waals surface area contributed by atoms with Crippen molar-refractivity contribution in [3.63, 3.8) is 0 Å². The summed E-state index contributed by atoms with van der Waals surface area (Å²) < 4.78 is 0. The highest BCUT2D eigenvalue weighted by atomic mass is 15.1. The van der Waals surface area contributed by atoms with E-state index in [0.717, 1.165) is 44.8 Å². The van der Waals surface area contributed by atoms with Gasteiger partial charge in [-0.2, -0.15) is 0 Å². The second-order valence-electron chi connectivity index (χ2n) is 5.87. The van der Waals surface area contributed by atoms with E-state index in [1.54, 1.807) is 0 Å². The van der Waals surface area contributed by atoms with Crippen LogP contribution < -0.4 is 10.2 Å². The molecule has 0 saturated heterocycles. The van der Waals surface area contributed by atoms with Crippen LogP contribution in [0.25, 0.3) is 0 Å². The first-order valence-corrected chi connectivity index (χ1v) is 8.14. The Morgan fingerprint density at radius 2 is 1.95 bits per heavy atom. The highest BCUT2D eigenvalue weighted by molar-refractivity contribution is 5.53. The van der Waals surface area contributed by atoms with Crippen molar-refractivity contribution in [3.8, 4) is 0 Å². The van der Waals surface area contributed by atoms with Crippen molar-refractivity contribution in [2.24, 2.45) is 0 Å². The molecule has 1 rings (SSSR count). The van der Waals surface area contributed by atoms with Crippen LogP contribution in [0.1, 0.15) is 37.9 Å². The zero-order valence-electron chi connectivity index (χ0n) is 14.4. The Labute approximate surface area is 130 Å². The molecular weight excluding hydrogens is 260 g/mol. The molecule has 0 spiro atoms. The molecule has 0 unspecified atom stereocenters. The molecule has 1 N–H and O–H groups in total. The van der Waals surface area contributed by atoms with E-state index in [-0.39, 0.29) is 0 Å². The van der Waals surface area contributed by atoms with Crippen LogP contribution in [0.2, 0.25) is 0 Å². The van der Waals surface area contributed by atoms with Crippen LogP contribution in [0.15, 0.2) is 12.3 Å². The molecule has 0 aliphatic rings. The van der Waals surface area contributed by atoms with Crippen LogP contribution in [-0.2, 0) is 6.54 Å². The van der Waals surface area contributed by atoms with Crippen molar-refractivity contribution in [3.05, 3.63) is 23.5 Å². The largest absolute Gasteiger partial charge is 0.371 e.